The molecule has 2 aromatic heterocycles. The number of aliphatic hydroxyl groups is 1. The molecule has 0 bridgehead atoms. The highest BCUT2D eigenvalue weighted by molar-refractivity contribution is 7.15. The molecule has 2 heterocycles. The molecule has 6 heteroatoms. The normalized spacial score (nSPS) is 13.8. The van der Waals surface area contributed by atoms with E-state index in [0.29, 0.717) is 19.0 Å². The van der Waals surface area contributed by atoms with Crippen molar-refractivity contribution in [3.8, 4) is 5.88 Å². The Kier molecular flexibility index (Phi) is 4.67. The van der Waals surface area contributed by atoms with Crippen LogP contribution in [0.1, 0.15) is 32.9 Å². The van der Waals surface area contributed by atoms with Gasteiger partial charge in [-0.25, -0.2) is 0 Å². The van der Waals surface area contributed by atoms with E-state index in [9.17, 15) is 5.11 Å². The third-order valence-electron chi connectivity index (χ3n) is 3.04. The van der Waals surface area contributed by atoms with Crippen molar-refractivity contribution in [3.05, 3.63) is 17.3 Å². The summed E-state index contributed by atoms with van der Waals surface area (Å²) in [6, 6.07) is 0. The number of aliphatic hydroxyl groups excluding tert-OH is 1. The van der Waals surface area contributed by atoms with Crippen LogP contribution in [0.15, 0.2) is 11.6 Å². The van der Waals surface area contributed by atoms with Crippen LogP contribution in [0.4, 0.5) is 0 Å². The Labute approximate surface area is 123 Å². The molecule has 5 nitrogen and oxygen atoms in total. The lowest BCUT2D eigenvalue weighted by Crippen LogP contribution is -2.30. The van der Waals surface area contributed by atoms with Crippen molar-refractivity contribution in [2.45, 2.75) is 39.8 Å². The number of nitrogens with zero attached hydrogens (tertiary/aromatic N) is 2. The van der Waals surface area contributed by atoms with Gasteiger partial charge in [0, 0.05) is 24.7 Å². The standard InChI is InChI=1S/C14H23N3O2S/c1-14(2,3)7-10(18)8-15-9-11-12(19-4)16-13-17(11)5-6-20-13/h5-6,10,15,18H,7-9H2,1-4H3. The summed E-state index contributed by atoms with van der Waals surface area (Å²) in [6.07, 6.45) is 2.42. The second-order valence-corrected chi connectivity index (χ2v) is 7.05. The molecule has 0 aliphatic carbocycles. The zero-order valence-corrected chi connectivity index (χ0v) is 13.3. The largest absolute Gasteiger partial charge is 0.480 e. The van der Waals surface area contributed by atoms with Gasteiger partial charge < -0.3 is 15.2 Å². The predicted octanol–water partition coefficient (Wildman–Crippen LogP) is 2.29. The van der Waals surface area contributed by atoms with Crippen LogP contribution in [0.3, 0.4) is 0 Å². The van der Waals surface area contributed by atoms with Crippen molar-refractivity contribution in [2.24, 2.45) is 5.41 Å². The average molecular weight is 297 g/mol. The third kappa shape index (κ3) is 3.71. The van der Waals surface area contributed by atoms with E-state index in [-0.39, 0.29) is 11.5 Å². The van der Waals surface area contributed by atoms with E-state index >= 15 is 0 Å². The van der Waals surface area contributed by atoms with Gasteiger partial charge in [-0.1, -0.05) is 20.8 Å². The number of fused-ring (bicyclic) bond motifs is 1. The number of ether oxygens (including phenoxy) is 1. The number of thiazole rings is 1. The fraction of sp³-hybridized carbons (Fsp3) is 0.643. The summed E-state index contributed by atoms with van der Waals surface area (Å²) in [6.45, 7) is 7.58. The minimum absolute atomic E-state index is 0.135. The fourth-order valence-electron chi connectivity index (χ4n) is 2.27. The van der Waals surface area contributed by atoms with Gasteiger partial charge >= 0.3 is 0 Å². The van der Waals surface area contributed by atoms with E-state index in [0.717, 1.165) is 17.1 Å². The minimum Gasteiger partial charge on any atom is -0.480 e. The molecular formula is C14H23N3O2S. The van der Waals surface area contributed by atoms with Gasteiger partial charge in [-0.2, -0.15) is 4.98 Å². The molecule has 1 atom stereocenters. The number of hydrogen-bond donors (Lipinski definition) is 2. The van der Waals surface area contributed by atoms with Gasteiger partial charge in [0.1, 0.15) is 5.69 Å². The Hall–Kier alpha value is -1.11. The molecule has 0 saturated carbocycles. The summed E-state index contributed by atoms with van der Waals surface area (Å²) in [5, 5.41) is 15.3. The second kappa shape index (κ2) is 6.11. The molecule has 2 aromatic rings. The number of nitrogens with one attached hydrogen (secondary N) is 1. The molecule has 0 aliphatic heterocycles. The fourth-order valence-corrected chi connectivity index (χ4v) is 3.00. The Morgan fingerprint density at radius 2 is 2.25 bits per heavy atom. The van der Waals surface area contributed by atoms with Crippen molar-refractivity contribution in [1.82, 2.24) is 14.7 Å². The summed E-state index contributed by atoms with van der Waals surface area (Å²) >= 11 is 1.58. The highest BCUT2D eigenvalue weighted by Gasteiger charge is 2.17. The quantitative estimate of drug-likeness (QED) is 0.859. The zero-order chi connectivity index (χ0) is 14.8. The van der Waals surface area contributed by atoms with E-state index in [1.807, 2.05) is 16.0 Å². The predicted molar refractivity (Wildman–Crippen MR) is 81.4 cm³/mol. The first-order valence-electron chi connectivity index (χ1n) is 6.78. The van der Waals surface area contributed by atoms with Crippen molar-refractivity contribution >= 4 is 16.3 Å². The van der Waals surface area contributed by atoms with Crippen LogP contribution >= 0.6 is 11.3 Å². The molecule has 112 valence electrons. The maximum Gasteiger partial charge on any atom is 0.237 e. The van der Waals surface area contributed by atoms with E-state index in [1.54, 1.807) is 18.4 Å². The van der Waals surface area contributed by atoms with Crippen LogP contribution in [0.25, 0.3) is 4.96 Å². The molecule has 2 rings (SSSR count). The van der Waals surface area contributed by atoms with Crippen LogP contribution < -0.4 is 10.1 Å². The van der Waals surface area contributed by atoms with Gasteiger partial charge in [-0.15, -0.1) is 11.3 Å². The van der Waals surface area contributed by atoms with E-state index in [4.69, 9.17) is 4.74 Å². The van der Waals surface area contributed by atoms with E-state index < -0.39 is 0 Å². The van der Waals surface area contributed by atoms with Gasteiger partial charge in [0.05, 0.1) is 13.2 Å². The minimum atomic E-state index is -0.341. The topological polar surface area (TPSA) is 58.8 Å². The molecule has 0 radical (unpaired) electrons. The summed E-state index contributed by atoms with van der Waals surface area (Å²) in [4.78, 5) is 5.33. The number of hydrogen-bond acceptors (Lipinski definition) is 5. The highest BCUT2D eigenvalue weighted by Crippen LogP contribution is 2.23. The first-order chi connectivity index (χ1) is 9.40. The summed E-state index contributed by atoms with van der Waals surface area (Å²) < 4.78 is 7.32. The van der Waals surface area contributed by atoms with Crippen LogP contribution in [0, 0.1) is 5.41 Å². The van der Waals surface area contributed by atoms with Crippen LogP contribution in [-0.2, 0) is 6.54 Å². The molecule has 0 spiro atoms. The molecule has 2 N–H and O–H groups in total. The molecule has 0 fully saturated rings. The second-order valence-electron chi connectivity index (χ2n) is 6.17. The number of imidazole rings is 1. The van der Waals surface area contributed by atoms with Crippen LogP contribution in [-0.4, -0.2) is 34.2 Å². The van der Waals surface area contributed by atoms with Crippen LogP contribution in [0.2, 0.25) is 0 Å². The zero-order valence-electron chi connectivity index (χ0n) is 12.5. The van der Waals surface area contributed by atoms with Gasteiger partial charge in [-0.05, 0) is 11.8 Å². The summed E-state index contributed by atoms with van der Waals surface area (Å²) in [7, 11) is 1.63. The van der Waals surface area contributed by atoms with Crippen molar-refractivity contribution in [1.29, 1.82) is 0 Å². The monoisotopic (exact) mass is 297 g/mol. The third-order valence-corrected chi connectivity index (χ3v) is 3.79. The Morgan fingerprint density at radius 3 is 2.90 bits per heavy atom. The number of methoxy groups -OCH3 is 1. The Balaban J connectivity index is 1.94. The van der Waals surface area contributed by atoms with Crippen molar-refractivity contribution < 1.29 is 9.84 Å². The van der Waals surface area contributed by atoms with Gasteiger partial charge in [0.2, 0.25) is 5.88 Å². The molecular weight excluding hydrogens is 274 g/mol. The molecule has 1 unspecified atom stereocenters. The lowest BCUT2D eigenvalue weighted by Gasteiger charge is -2.22. The van der Waals surface area contributed by atoms with Crippen molar-refractivity contribution in [3.63, 3.8) is 0 Å². The lowest BCUT2D eigenvalue weighted by molar-refractivity contribution is 0.119. The maximum atomic E-state index is 10.00. The number of aromatic nitrogens is 2. The van der Waals surface area contributed by atoms with E-state index in [2.05, 4.69) is 31.1 Å². The highest BCUT2D eigenvalue weighted by atomic mass is 32.1. The molecule has 20 heavy (non-hydrogen) atoms. The smallest absolute Gasteiger partial charge is 0.237 e. The molecule has 0 saturated heterocycles. The molecule has 0 aromatic carbocycles. The van der Waals surface area contributed by atoms with Gasteiger partial charge in [0.25, 0.3) is 0 Å². The van der Waals surface area contributed by atoms with Crippen LogP contribution in [0.5, 0.6) is 5.88 Å². The molecule has 0 amide bonds. The SMILES string of the molecule is COc1nc2sccn2c1CNCC(O)CC(C)(C)C. The number of rotatable bonds is 6. The summed E-state index contributed by atoms with van der Waals surface area (Å²) in [5.74, 6) is 0.648. The summed E-state index contributed by atoms with van der Waals surface area (Å²) in [5.41, 5.74) is 1.13. The molecule has 0 aliphatic rings. The Bertz CT molecular complexity index is 556. The Morgan fingerprint density at radius 1 is 1.50 bits per heavy atom. The average Bonchev–Trinajstić information content (AvgIpc) is 2.88. The maximum absolute atomic E-state index is 10.00. The van der Waals surface area contributed by atoms with Gasteiger partial charge in [0.15, 0.2) is 4.96 Å². The lowest BCUT2D eigenvalue weighted by atomic mass is 9.89. The van der Waals surface area contributed by atoms with Crippen molar-refractivity contribution in [2.75, 3.05) is 13.7 Å². The van der Waals surface area contributed by atoms with E-state index in [1.165, 1.54) is 0 Å². The first kappa shape index (κ1) is 15.3. The first-order valence-corrected chi connectivity index (χ1v) is 7.66. The van der Waals surface area contributed by atoms with Gasteiger partial charge in [-0.3, -0.25) is 4.40 Å².